The van der Waals surface area contributed by atoms with Crippen LogP contribution in [0.3, 0.4) is 0 Å². The van der Waals surface area contributed by atoms with Crippen molar-refractivity contribution in [3.63, 3.8) is 0 Å². The van der Waals surface area contributed by atoms with Crippen LogP contribution in [-0.2, 0) is 4.79 Å². The Balaban J connectivity index is 2.45. The fraction of sp³-hybridized carbons (Fsp3) is 0.300. The topological polar surface area (TPSA) is 91.1 Å². The summed E-state index contributed by atoms with van der Waals surface area (Å²) in [6.45, 7) is 2.02. The number of hydrogen-bond acceptors (Lipinski definition) is 3. The van der Waals surface area contributed by atoms with E-state index >= 15 is 0 Å². The van der Waals surface area contributed by atoms with Crippen LogP contribution in [-0.4, -0.2) is 29.9 Å². The summed E-state index contributed by atoms with van der Waals surface area (Å²) < 4.78 is 0. The quantitative estimate of drug-likeness (QED) is 0.586. The molecule has 0 aliphatic carbocycles. The number of carbonyl (C=O) groups excluding carboxylic acids is 2. The van der Waals surface area contributed by atoms with Gasteiger partial charge in [0.05, 0.1) is 0 Å². The zero-order valence-corrected chi connectivity index (χ0v) is 8.87. The molecule has 0 unspecified atom stereocenters. The van der Waals surface area contributed by atoms with Gasteiger partial charge in [-0.2, -0.15) is 0 Å². The van der Waals surface area contributed by atoms with Crippen LogP contribution in [0.5, 0.6) is 0 Å². The molecule has 2 amide bonds. The maximum atomic E-state index is 11.5. The van der Waals surface area contributed by atoms with Gasteiger partial charge in [-0.3, -0.25) is 14.4 Å². The summed E-state index contributed by atoms with van der Waals surface area (Å²) in [5.41, 5.74) is -0.371. The first-order valence-electron chi connectivity index (χ1n) is 4.81. The molecule has 0 bridgehead atoms. The Morgan fingerprint density at radius 3 is 2.62 bits per heavy atom. The first kappa shape index (κ1) is 12.0. The van der Waals surface area contributed by atoms with Gasteiger partial charge in [-0.05, 0) is 12.1 Å². The lowest BCUT2D eigenvalue weighted by molar-refractivity contribution is -0.118. The van der Waals surface area contributed by atoms with Gasteiger partial charge in [0.2, 0.25) is 5.91 Å². The van der Waals surface area contributed by atoms with Crippen molar-refractivity contribution in [1.82, 2.24) is 15.6 Å². The summed E-state index contributed by atoms with van der Waals surface area (Å²) in [4.78, 5) is 35.6. The molecule has 86 valence electrons. The third kappa shape index (κ3) is 3.56. The predicted molar refractivity (Wildman–Crippen MR) is 58.1 cm³/mol. The van der Waals surface area contributed by atoms with Crippen LogP contribution >= 0.6 is 0 Å². The molecule has 0 saturated carbocycles. The lowest BCUT2D eigenvalue weighted by Gasteiger charge is -2.04. The molecule has 0 saturated heterocycles. The highest BCUT2D eigenvalue weighted by Gasteiger charge is 2.07. The van der Waals surface area contributed by atoms with Crippen molar-refractivity contribution in [2.24, 2.45) is 0 Å². The second kappa shape index (κ2) is 5.69. The molecule has 0 fully saturated rings. The zero-order chi connectivity index (χ0) is 12.0. The normalized spacial score (nSPS) is 9.56. The van der Waals surface area contributed by atoms with Crippen LogP contribution in [0.1, 0.15) is 17.3 Å². The Morgan fingerprint density at radius 2 is 2.00 bits per heavy atom. The second-order valence-corrected chi connectivity index (χ2v) is 3.15. The van der Waals surface area contributed by atoms with E-state index in [1.54, 1.807) is 6.07 Å². The van der Waals surface area contributed by atoms with Crippen LogP contribution in [0.15, 0.2) is 23.1 Å². The summed E-state index contributed by atoms with van der Waals surface area (Å²) >= 11 is 0. The van der Waals surface area contributed by atoms with Crippen LogP contribution in [0.2, 0.25) is 0 Å². The molecule has 3 N–H and O–H groups in total. The lowest BCUT2D eigenvalue weighted by Crippen LogP contribution is -2.35. The average molecular weight is 223 g/mol. The molecule has 6 heteroatoms. The number of nitrogens with one attached hydrogen (secondary N) is 3. The van der Waals surface area contributed by atoms with Crippen molar-refractivity contribution in [2.45, 2.75) is 6.92 Å². The van der Waals surface area contributed by atoms with Crippen molar-refractivity contribution < 1.29 is 9.59 Å². The predicted octanol–water partition coefficient (Wildman–Crippen LogP) is -0.759. The minimum Gasteiger partial charge on any atom is -0.355 e. The van der Waals surface area contributed by atoms with Crippen LogP contribution in [0.25, 0.3) is 0 Å². The van der Waals surface area contributed by atoms with E-state index in [0.29, 0.717) is 6.54 Å². The molecular weight excluding hydrogens is 210 g/mol. The van der Waals surface area contributed by atoms with E-state index in [4.69, 9.17) is 0 Å². The summed E-state index contributed by atoms with van der Waals surface area (Å²) in [6.07, 6.45) is 1.45. The van der Waals surface area contributed by atoms with Crippen LogP contribution in [0.4, 0.5) is 0 Å². The van der Waals surface area contributed by atoms with Crippen molar-refractivity contribution in [2.75, 3.05) is 13.1 Å². The minimum atomic E-state index is -0.452. The molecule has 16 heavy (non-hydrogen) atoms. The fourth-order valence-electron chi connectivity index (χ4n) is 1.11. The van der Waals surface area contributed by atoms with Gasteiger partial charge in [0.25, 0.3) is 11.5 Å². The number of pyridine rings is 1. The molecule has 1 aromatic rings. The van der Waals surface area contributed by atoms with Crippen LogP contribution in [0, 0.1) is 0 Å². The van der Waals surface area contributed by atoms with Gasteiger partial charge in [-0.15, -0.1) is 0 Å². The monoisotopic (exact) mass is 223 g/mol. The van der Waals surface area contributed by atoms with E-state index in [1.165, 1.54) is 19.2 Å². The lowest BCUT2D eigenvalue weighted by atomic mass is 10.2. The SMILES string of the molecule is CC(=O)NCCNC(=O)c1ccc[nH]c1=O. The third-order valence-corrected chi connectivity index (χ3v) is 1.85. The number of aromatic nitrogens is 1. The molecular formula is C10H13N3O3. The maximum Gasteiger partial charge on any atom is 0.260 e. The van der Waals surface area contributed by atoms with Gasteiger partial charge in [0.1, 0.15) is 5.56 Å². The number of carbonyl (C=O) groups is 2. The van der Waals surface area contributed by atoms with Gasteiger partial charge < -0.3 is 15.6 Å². The van der Waals surface area contributed by atoms with Gasteiger partial charge in [0.15, 0.2) is 0 Å². The average Bonchev–Trinajstić information content (AvgIpc) is 2.24. The second-order valence-electron chi connectivity index (χ2n) is 3.15. The highest BCUT2D eigenvalue weighted by molar-refractivity contribution is 5.93. The molecule has 0 aliphatic rings. The van der Waals surface area contributed by atoms with Crippen LogP contribution < -0.4 is 16.2 Å². The summed E-state index contributed by atoms with van der Waals surface area (Å²) in [6, 6.07) is 3.01. The molecule has 0 radical (unpaired) electrons. The largest absolute Gasteiger partial charge is 0.355 e. The number of rotatable bonds is 4. The molecule has 6 nitrogen and oxygen atoms in total. The van der Waals surface area contributed by atoms with Gasteiger partial charge in [-0.25, -0.2) is 0 Å². The highest BCUT2D eigenvalue weighted by atomic mass is 16.2. The zero-order valence-electron chi connectivity index (χ0n) is 8.87. The van der Waals surface area contributed by atoms with Gasteiger partial charge >= 0.3 is 0 Å². The van der Waals surface area contributed by atoms with Gasteiger partial charge in [0, 0.05) is 26.2 Å². The van der Waals surface area contributed by atoms with Crippen molar-refractivity contribution in [3.8, 4) is 0 Å². The molecule has 1 rings (SSSR count). The fourth-order valence-corrected chi connectivity index (χ4v) is 1.11. The standard InChI is InChI=1S/C10H13N3O3/c1-7(14)11-5-6-13-10(16)8-3-2-4-12-9(8)15/h2-4H,5-6H2,1H3,(H,11,14)(H,12,15)(H,13,16). The Bertz CT molecular complexity index is 439. The highest BCUT2D eigenvalue weighted by Crippen LogP contribution is 1.87. The number of hydrogen-bond donors (Lipinski definition) is 3. The molecule has 0 spiro atoms. The Kier molecular flexibility index (Phi) is 4.26. The molecule has 0 aliphatic heterocycles. The Morgan fingerprint density at radius 1 is 1.31 bits per heavy atom. The van der Waals surface area contributed by atoms with E-state index in [2.05, 4.69) is 15.6 Å². The van der Waals surface area contributed by atoms with Crippen molar-refractivity contribution in [3.05, 3.63) is 34.2 Å². The molecule has 1 heterocycles. The Hall–Kier alpha value is -2.11. The summed E-state index contributed by atoms with van der Waals surface area (Å²) in [5.74, 6) is -0.612. The minimum absolute atomic E-state index is 0.0605. The van der Waals surface area contributed by atoms with E-state index in [1.807, 2.05) is 0 Å². The molecule has 0 atom stereocenters. The third-order valence-electron chi connectivity index (χ3n) is 1.85. The number of aromatic amines is 1. The van der Waals surface area contributed by atoms with E-state index in [-0.39, 0.29) is 18.0 Å². The first-order chi connectivity index (χ1) is 7.61. The van der Waals surface area contributed by atoms with Crippen molar-refractivity contribution >= 4 is 11.8 Å². The smallest absolute Gasteiger partial charge is 0.260 e. The Labute approximate surface area is 92.1 Å². The number of amides is 2. The van der Waals surface area contributed by atoms with Gasteiger partial charge in [-0.1, -0.05) is 0 Å². The number of H-pyrrole nitrogens is 1. The molecule has 0 aromatic carbocycles. The first-order valence-corrected chi connectivity index (χ1v) is 4.81. The van der Waals surface area contributed by atoms with E-state index in [0.717, 1.165) is 0 Å². The van der Waals surface area contributed by atoms with Crippen molar-refractivity contribution in [1.29, 1.82) is 0 Å². The van der Waals surface area contributed by atoms with E-state index in [9.17, 15) is 14.4 Å². The van der Waals surface area contributed by atoms with E-state index < -0.39 is 11.5 Å². The summed E-state index contributed by atoms with van der Waals surface area (Å²) in [7, 11) is 0. The maximum absolute atomic E-state index is 11.5. The summed E-state index contributed by atoms with van der Waals surface area (Å²) in [5, 5.41) is 5.05. The molecule has 1 aromatic heterocycles.